The predicted octanol–water partition coefficient (Wildman–Crippen LogP) is 4.85. The molecule has 2 N–H and O–H groups in total. The lowest BCUT2D eigenvalue weighted by atomic mass is 9.84. The van der Waals surface area contributed by atoms with E-state index in [0.717, 1.165) is 61.5 Å². The number of nitrogens with zero attached hydrogens (tertiary/aromatic N) is 3. The fourth-order valence-corrected chi connectivity index (χ4v) is 6.93. The van der Waals surface area contributed by atoms with Crippen LogP contribution < -0.4 is 5.32 Å². The Morgan fingerprint density at radius 3 is 2.47 bits per heavy atom. The smallest absolute Gasteiger partial charge is 0.410 e. The second kappa shape index (κ2) is 14.1. The molecule has 0 unspecified atom stereocenters. The van der Waals surface area contributed by atoms with Crippen molar-refractivity contribution in [2.45, 2.75) is 109 Å². The van der Waals surface area contributed by atoms with Gasteiger partial charge in [0.2, 0.25) is 11.8 Å². The third-order valence-electron chi connectivity index (χ3n) is 9.43. The summed E-state index contributed by atoms with van der Waals surface area (Å²) < 4.78 is 13.2. The SMILES string of the molecule is COCCCn1cc(CN(C(=O)[C@@H]2C[C@H](C(=O)NCC3(O)CCCCC3)CN(C(=O)OC(C)(C)C)C2)C2CC2)c2ccccc21. The molecule has 5 rings (SSSR count). The first kappa shape index (κ1) is 33.3. The summed E-state index contributed by atoms with van der Waals surface area (Å²) in [5, 5.41) is 15.1. The lowest BCUT2D eigenvalue weighted by Gasteiger charge is -2.39. The monoisotopic (exact) mass is 624 g/mol. The third-order valence-corrected chi connectivity index (χ3v) is 9.43. The number of aromatic nitrogens is 1. The van der Waals surface area contributed by atoms with Crippen LogP contribution in [0.25, 0.3) is 10.9 Å². The molecule has 3 fully saturated rings. The average Bonchev–Trinajstić information content (AvgIpc) is 3.80. The number of carbonyl (C=O) groups excluding carboxylic acids is 3. The van der Waals surface area contributed by atoms with Crippen molar-refractivity contribution >= 4 is 28.8 Å². The Kier molecular flexibility index (Phi) is 10.4. The maximum Gasteiger partial charge on any atom is 0.410 e. The van der Waals surface area contributed by atoms with Crippen molar-refractivity contribution in [3.05, 3.63) is 36.0 Å². The summed E-state index contributed by atoms with van der Waals surface area (Å²) in [4.78, 5) is 44.7. The Bertz CT molecular complexity index is 1340. The topological polar surface area (TPSA) is 113 Å². The summed E-state index contributed by atoms with van der Waals surface area (Å²) in [6, 6.07) is 8.44. The molecule has 1 saturated heterocycles. The van der Waals surface area contributed by atoms with Gasteiger partial charge in [-0.1, -0.05) is 37.5 Å². The number of aliphatic hydroxyl groups is 1. The van der Waals surface area contributed by atoms with Gasteiger partial charge in [0.15, 0.2) is 0 Å². The van der Waals surface area contributed by atoms with Crippen LogP contribution in [0.1, 0.15) is 84.1 Å². The number of carbonyl (C=O) groups is 3. The number of benzene rings is 1. The lowest BCUT2D eigenvalue weighted by Crippen LogP contribution is -2.54. The van der Waals surface area contributed by atoms with Crippen LogP contribution in [0.3, 0.4) is 0 Å². The van der Waals surface area contributed by atoms with Gasteiger partial charge in [0.25, 0.3) is 0 Å². The fraction of sp³-hybridized carbons (Fsp3) is 0.686. The summed E-state index contributed by atoms with van der Waals surface area (Å²) in [6.45, 7) is 8.01. The van der Waals surface area contributed by atoms with Crippen LogP contribution in [-0.4, -0.2) is 88.0 Å². The highest BCUT2D eigenvalue weighted by molar-refractivity contribution is 5.87. The van der Waals surface area contributed by atoms with E-state index in [1.54, 1.807) is 7.11 Å². The molecule has 0 bridgehead atoms. The first-order chi connectivity index (χ1) is 21.5. The Labute approximate surface area is 267 Å². The van der Waals surface area contributed by atoms with E-state index >= 15 is 0 Å². The third kappa shape index (κ3) is 8.58. The normalized spacial score (nSPS) is 21.8. The molecule has 3 amide bonds. The van der Waals surface area contributed by atoms with Gasteiger partial charge in [0.05, 0.1) is 17.4 Å². The van der Waals surface area contributed by atoms with Crippen LogP contribution in [0.15, 0.2) is 30.5 Å². The van der Waals surface area contributed by atoms with E-state index in [9.17, 15) is 19.5 Å². The van der Waals surface area contributed by atoms with Gasteiger partial charge in [-0.3, -0.25) is 9.59 Å². The second-order valence-electron chi connectivity index (χ2n) is 14.4. The second-order valence-corrected chi connectivity index (χ2v) is 14.4. The minimum atomic E-state index is -0.895. The van der Waals surface area contributed by atoms with Crippen LogP contribution in [0, 0.1) is 11.8 Å². The van der Waals surface area contributed by atoms with Gasteiger partial charge in [0, 0.05) is 69.6 Å². The van der Waals surface area contributed by atoms with Gasteiger partial charge in [0.1, 0.15) is 5.60 Å². The van der Waals surface area contributed by atoms with Gasteiger partial charge >= 0.3 is 6.09 Å². The zero-order chi connectivity index (χ0) is 32.2. The number of fused-ring (bicyclic) bond motifs is 1. The number of amides is 3. The van der Waals surface area contributed by atoms with Crippen molar-refractivity contribution < 1.29 is 29.0 Å². The first-order valence-corrected chi connectivity index (χ1v) is 16.8. The zero-order valence-corrected chi connectivity index (χ0v) is 27.6. The molecule has 3 aliphatic rings. The summed E-state index contributed by atoms with van der Waals surface area (Å²) in [5.74, 6) is -1.35. The Morgan fingerprint density at radius 2 is 1.78 bits per heavy atom. The largest absolute Gasteiger partial charge is 0.444 e. The molecule has 0 spiro atoms. The van der Waals surface area contributed by atoms with Crippen LogP contribution in [-0.2, 0) is 32.2 Å². The van der Waals surface area contributed by atoms with Crippen molar-refractivity contribution in [1.29, 1.82) is 0 Å². The number of likely N-dealkylation sites (tertiary alicyclic amines) is 1. The van der Waals surface area contributed by atoms with Gasteiger partial charge in [-0.25, -0.2) is 4.79 Å². The molecular weight excluding hydrogens is 572 g/mol. The highest BCUT2D eigenvalue weighted by Gasteiger charge is 2.43. The predicted molar refractivity (Wildman–Crippen MR) is 172 cm³/mol. The van der Waals surface area contributed by atoms with E-state index in [1.807, 2.05) is 37.8 Å². The van der Waals surface area contributed by atoms with Crippen molar-refractivity contribution in [3.63, 3.8) is 0 Å². The van der Waals surface area contributed by atoms with Gasteiger partial charge in [-0.05, 0) is 70.9 Å². The molecule has 1 aliphatic heterocycles. The van der Waals surface area contributed by atoms with Crippen molar-refractivity contribution in [2.75, 3.05) is 33.4 Å². The van der Waals surface area contributed by atoms with Crippen LogP contribution in [0.5, 0.6) is 0 Å². The number of ether oxygens (including phenoxy) is 2. The zero-order valence-electron chi connectivity index (χ0n) is 27.6. The summed E-state index contributed by atoms with van der Waals surface area (Å²) in [6.07, 6.45) is 9.11. The lowest BCUT2D eigenvalue weighted by molar-refractivity contribution is -0.141. The van der Waals surface area contributed by atoms with Gasteiger partial charge in [-0.15, -0.1) is 0 Å². The number of piperidine rings is 1. The Balaban J connectivity index is 1.34. The number of para-hydroxylation sites is 1. The summed E-state index contributed by atoms with van der Waals surface area (Å²) in [7, 11) is 1.71. The van der Waals surface area contributed by atoms with E-state index in [4.69, 9.17) is 9.47 Å². The van der Waals surface area contributed by atoms with Gasteiger partial charge < -0.3 is 34.3 Å². The number of hydrogen-bond donors (Lipinski definition) is 2. The first-order valence-electron chi connectivity index (χ1n) is 16.8. The summed E-state index contributed by atoms with van der Waals surface area (Å²) >= 11 is 0. The van der Waals surface area contributed by atoms with Crippen LogP contribution in [0.4, 0.5) is 4.79 Å². The maximum atomic E-state index is 14.4. The average molecular weight is 625 g/mol. The Morgan fingerprint density at radius 1 is 1.07 bits per heavy atom. The molecule has 2 saturated carbocycles. The molecule has 10 nitrogen and oxygen atoms in total. The molecule has 2 heterocycles. The Hall–Kier alpha value is -3.11. The molecule has 248 valence electrons. The molecule has 2 atom stereocenters. The van der Waals surface area contributed by atoms with E-state index < -0.39 is 29.1 Å². The molecule has 1 aromatic heterocycles. The van der Waals surface area contributed by atoms with Gasteiger partial charge in [-0.2, -0.15) is 0 Å². The fourth-order valence-electron chi connectivity index (χ4n) is 6.93. The van der Waals surface area contributed by atoms with Crippen LogP contribution >= 0.6 is 0 Å². The number of hydrogen-bond acceptors (Lipinski definition) is 6. The molecule has 2 aromatic rings. The van der Waals surface area contributed by atoms with E-state index in [0.29, 0.717) is 32.4 Å². The molecule has 0 radical (unpaired) electrons. The molecule has 2 aliphatic carbocycles. The number of nitrogens with one attached hydrogen (secondary N) is 1. The minimum absolute atomic E-state index is 0.0225. The molecule has 10 heteroatoms. The maximum absolute atomic E-state index is 14.4. The van der Waals surface area contributed by atoms with Crippen molar-refractivity contribution in [1.82, 2.24) is 19.7 Å². The van der Waals surface area contributed by atoms with Crippen molar-refractivity contribution in [2.24, 2.45) is 11.8 Å². The molecule has 1 aromatic carbocycles. The minimum Gasteiger partial charge on any atom is -0.444 e. The standard InChI is InChI=1S/C35H52N4O6/c1-34(2,3)45-33(42)38-20-25(31(40)36-24-35(43)15-8-5-9-16-35)19-26(21-38)32(41)39(28-13-14-28)23-27-22-37(17-10-18-44-4)30-12-7-6-11-29(27)30/h6-7,11-12,22,25-26,28,43H,5,8-10,13-21,23-24H2,1-4H3,(H,36,40)/t25-,26+/m0/s1. The molecule has 45 heavy (non-hydrogen) atoms. The highest BCUT2D eigenvalue weighted by atomic mass is 16.6. The van der Waals surface area contributed by atoms with E-state index in [-0.39, 0.29) is 37.5 Å². The van der Waals surface area contributed by atoms with E-state index in [1.165, 1.54) is 4.90 Å². The van der Waals surface area contributed by atoms with E-state index in [2.05, 4.69) is 28.2 Å². The number of methoxy groups -OCH3 is 1. The van der Waals surface area contributed by atoms with Crippen molar-refractivity contribution in [3.8, 4) is 0 Å². The highest BCUT2D eigenvalue weighted by Crippen LogP contribution is 2.35. The quantitative estimate of drug-likeness (QED) is 0.346. The van der Waals surface area contributed by atoms with Crippen LogP contribution in [0.2, 0.25) is 0 Å². The molecular formula is C35H52N4O6. The number of rotatable bonds is 11. The summed E-state index contributed by atoms with van der Waals surface area (Å²) in [5.41, 5.74) is 0.636. The number of aryl methyl sites for hydroxylation is 1.